The molecule has 0 aliphatic heterocycles. The number of nitrogens with one attached hydrogen (secondary N) is 1. The van der Waals surface area contributed by atoms with E-state index in [1.54, 1.807) is 7.05 Å². The van der Waals surface area contributed by atoms with Crippen LogP contribution in [-0.4, -0.2) is 19.1 Å². The Hall–Kier alpha value is -2.11. The minimum absolute atomic E-state index is 0.312. The van der Waals surface area contributed by atoms with Gasteiger partial charge in [0.2, 0.25) is 0 Å². The van der Waals surface area contributed by atoms with Crippen molar-refractivity contribution in [3.05, 3.63) is 38.8 Å². The minimum Gasteiger partial charge on any atom is -0.339 e. The van der Waals surface area contributed by atoms with Gasteiger partial charge in [-0.15, -0.1) is 0 Å². The summed E-state index contributed by atoms with van der Waals surface area (Å²) in [5.41, 5.74) is 1.29. The lowest BCUT2D eigenvalue weighted by atomic mass is 10.2. The number of imidazole rings is 1. The van der Waals surface area contributed by atoms with Crippen LogP contribution in [0.25, 0.3) is 11.2 Å². The summed E-state index contributed by atoms with van der Waals surface area (Å²) < 4.78 is 2.62. The second-order valence-electron chi connectivity index (χ2n) is 4.47. The van der Waals surface area contributed by atoms with Crippen LogP contribution in [-0.2, 0) is 13.6 Å². The van der Waals surface area contributed by atoms with Gasteiger partial charge in [0.1, 0.15) is 5.52 Å². The van der Waals surface area contributed by atoms with Crippen molar-refractivity contribution in [1.82, 2.24) is 19.1 Å². The smallest absolute Gasteiger partial charge is 0.332 e. The van der Waals surface area contributed by atoms with Crippen molar-refractivity contribution < 1.29 is 0 Å². The number of aromatic amines is 1. The largest absolute Gasteiger partial charge is 0.339 e. The summed E-state index contributed by atoms with van der Waals surface area (Å²) in [7, 11) is 1.61. The highest BCUT2D eigenvalue weighted by Gasteiger charge is 2.11. The van der Waals surface area contributed by atoms with Gasteiger partial charge in [-0.1, -0.05) is 11.6 Å². The number of hydrogen-bond acceptors (Lipinski definition) is 3. The molecular formula is C12H16N4O2. The number of nitrogens with zero attached hydrogens (tertiary/aromatic N) is 3. The molecule has 96 valence electrons. The third kappa shape index (κ3) is 2.01. The summed E-state index contributed by atoms with van der Waals surface area (Å²) >= 11 is 0. The molecule has 0 saturated carbocycles. The van der Waals surface area contributed by atoms with Gasteiger partial charge >= 0.3 is 5.69 Å². The molecule has 0 fully saturated rings. The van der Waals surface area contributed by atoms with Gasteiger partial charge in [0.25, 0.3) is 5.56 Å². The van der Waals surface area contributed by atoms with Crippen LogP contribution in [0, 0.1) is 0 Å². The standard InChI is InChI=1S/C12H16N4O2/c1-8(2)5-4-6-16-11(17)9-10(14-7-13-9)15(3)12(16)18/h5,7H,4,6H2,1-3H3,(H,13,14). The summed E-state index contributed by atoms with van der Waals surface area (Å²) in [5, 5.41) is 0. The first-order valence-corrected chi connectivity index (χ1v) is 5.78. The van der Waals surface area contributed by atoms with E-state index in [1.165, 1.54) is 21.0 Å². The van der Waals surface area contributed by atoms with Crippen molar-refractivity contribution in [3.63, 3.8) is 0 Å². The number of aromatic nitrogens is 4. The molecule has 0 atom stereocenters. The molecule has 0 bridgehead atoms. The first-order chi connectivity index (χ1) is 8.52. The number of aryl methyl sites for hydroxylation is 1. The number of hydrogen-bond donors (Lipinski definition) is 1. The van der Waals surface area contributed by atoms with Gasteiger partial charge in [0, 0.05) is 13.6 Å². The van der Waals surface area contributed by atoms with E-state index in [-0.39, 0.29) is 11.2 Å². The Morgan fingerprint density at radius 1 is 1.44 bits per heavy atom. The molecule has 0 amide bonds. The van der Waals surface area contributed by atoms with Crippen molar-refractivity contribution in [2.24, 2.45) is 7.05 Å². The van der Waals surface area contributed by atoms with E-state index in [9.17, 15) is 9.59 Å². The number of rotatable bonds is 3. The summed E-state index contributed by atoms with van der Waals surface area (Å²) in [6.45, 7) is 4.35. The fourth-order valence-electron chi connectivity index (χ4n) is 1.87. The first-order valence-electron chi connectivity index (χ1n) is 5.78. The van der Waals surface area contributed by atoms with E-state index in [0.717, 1.165) is 0 Å². The van der Waals surface area contributed by atoms with Crippen LogP contribution >= 0.6 is 0 Å². The van der Waals surface area contributed by atoms with Gasteiger partial charge in [-0.3, -0.25) is 13.9 Å². The Morgan fingerprint density at radius 3 is 2.83 bits per heavy atom. The molecule has 0 aliphatic rings. The van der Waals surface area contributed by atoms with Crippen LogP contribution in [0.2, 0.25) is 0 Å². The molecule has 0 saturated heterocycles. The molecule has 6 nitrogen and oxygen atoms in total. The van der Waals surface area contributed by atoms with Gasteiger partial charge in [-0.2, -0.15) is 0 Å². The average molecular weight is 248 g/mol. The maximum absolute atomic E-state index is 12.1. The van der Waals surface area contributed by atoms with E-state index < -0.39 is 0 Å². The molecular weight excluding hydrogens is 232 g/mol. The molecule has 2 aromatic rings. The Balaban J connectivity index is 2.54. The normalized spacial score (nSPS) is 10.8. The zero-order valence-corrected chi connectivity index (χ0v) is 10.7. The molecule has 2 heterocycles. The van der Waals surface area contributed by atoms with E-state index in [2.05, 4.69) is 9.97 Å². The Labute approximate surface area is 104 Å². The van der Waals surface area contributed by atoms with Gasteiger partial charge in [0.15, 0.2) is 5.65 Å². The summed E-state index contributed by atoms with van der Waals surface area (Å²) in [6.07, 6.45) is 4.09. The molecule has 0 aliphatic carbocycles. The molecule has 1 N–H and O–H groups in total. The maximum Gasteiger partial charge on any atom is 0.332 e. The predicted octanol–water partition coefficient (Wildman–Crippen LogP) is 0.780. The van der Waals surface area contributed by atoms with Crippen molar-refractivity contribution in [2.45, 2.75) is 26.8 Å². The highest BCUT2D eigenvalue weighted by Crippen LogP contribution is 2.00. The lowest BCUT2D eigenvalue weighted by molar-refractivity contribution is 0.609. The van der Waals surface area contributed by atoms with Crippen LogP contribution in [0.15, 0.2) is 27.6 Å². The van der Waals surface area contributed by atoms with Crippen molar-refractivity contribution in [3.8, 4) is 0 Å². The summed E-state index contributed by atoms with van der Waals surface area (Å²) in [5.74, 6) is 0. The fraction of sp³-hybridized carbons (Fsp3) is 0.417. The van der Waals surface area contributed by atoms with Gasteiger partial charge < -0.3 is 4.98 Å². The van der Waals surface area contributed by atoms with Crippen LogP contribution in [0.1, 0.15) is 20.3 Å². The Bertz CT molecular complexity index is 714. The monoisotopic (exact) mass is 248 g/mol. The summed E-state index contributed by atoms with van der Waals surface area (Å²) in [4.78, 5) is 30.9. The first kappa shape index (κ1) is 12.3. The third-order valence-corrected chi connectivity index (χ3v) is 2.82. The van der Waals surface area contributed by atoms with Crippen molar-refractivity contribution in [1.29, 1.82) is 0 Å². The SMILES string of the molecule is CC(C)=CCCn1c(=O)c2[nH]cnc2n(C)c1=O. The van der Waals surface area contributed by atoms with Crippen molar-refractivity contribution in [2.75, 3.05) is 0 Å². The van der Waals surface area contributed by atoms with Crippen LogP contribution in [0.4, 0.5) is 0 Å². The zero-order valence-electron chi connectivity index (χ0n) is 10.7. The molecule has 6 heteroatoms. The maximum atomic E-state index is 12.1. The van der Waals surface area contributed by atoms with E-state index >= 15 is 0 Å². The zero-order chi connectivity index (χ0) is 13.3. The number of H-pyrrole nitrogens is 1. The van der Waals surface area contributed by atoms with E-state index in [0.29, 0.717) is 24.1 Å². The van der Waals surface area contributed by atoms with Crippen LogP contribution in [0.5, 0.6) is 0 Å². The quantitative estimate of drug-likeness (QED) is 0.816. The fourth-order valence-corrected chi connectivity index (χ4v) is 1.87. The Morgan fingerprint density at radius 2 is 2.17 bits per heavy atom. The molecule has 0 unspecified atom stereocenters. The van der Waals surface area contributed by atoms with E-state index in [1.807, 2.05) is 19.9 Å². The van der Waals surface area contributed by atoms with Gasteiger partial charge in [-0.05, 0) is 20.3 Å². The van der Waals surface area contributed by atoms with Gasteiger partial charge in [-0.25, -0.2) is 9.78 Å². The lowest BCUT2D eigenvalue weighted by Crippen LogP contribution is -2.39. The second kappa shape index (κ2) is 4.64. The molecule has 2 rings (SSSR count). The molecule has 2 aromatic heterocycles. The lowest BCUT2D eigenvalue weighted by Gasteiger charge is -2.06. The van der Waals surface area contributed by atoms with E-state index in [4.69, 9.17) is 0 Å². The number of fused-ring (bicyclic) bond motifs is 1. The number of allylic oxidation sites excluding steroid dienone is 2. The Kier molecular flexibility index (Phi) is 3.18. The average Bonchev–Trinajstić information content (AvgIpc) is 2.79. The highest BCUT2D eigenvalue weighted by atomic mass is 16.2. The molecule has 0 aromatic carbocycles. The van der Waals surface area contributed by atoms with Crippen molar-refractivity contribution >= 4 is 11.2 Å². The van der Waals surface area contributed by atoms with Gasteiger partial charge in [0.05, 0.1) is 6.33 Å². The topological polar surface area (TPSA) is 72.7 Å². The highest BCUT2D eigenvalue weighted by molar-refractivity contribution is 5.68. The third-order valence-electron chi connectivity index (χ3n) is 2.82. The molecule has 0 spiro atoms. The molecule has 0 radical (unpaired) electrons. The minimum atomic E-state index is -0.332. The van der Waals surface area contributed by atoms with Crippen LogP contribution < -0.4 is 11.2 Å². The summed E-state index contributed by atoms with van der Waals surface area (Å²) in [6, 6.07) is 0. The second-order valence-corrected chi connectivity index (χ2v) is 4.47. The molecule has 18 heavy (non-hydrogen) atoms. The predicted molar refractivity (Wildman–Crippen MR) is 69.6 cm³/mol. The van der Waals surface area contributed by atoms with Crippen LogP contribution in [0.3, 0.4) is 0 Å².